The predicted octanol–water partition coefficient (Wildman–Crippen LogP) is 4.46. The van der Waals surface area contributed by atoms with Gasteiger partial charge in [-0.1, -0.05) is 29.3 Å². The number of amides is 3. The second-order valence-electron chi connectivity index (χ2n) is 10.2. The van der Waals surface area contributed by atoms with Crippen LogP contribution in [0.15, 0.2) is 42.5 Å². The quantitative estimate of drug-likeness (QED) is 0.667. The average Bonchev–Trinajstić information content (AvgIpc) is 3.50. The zero-order valence-corrected chi connectivity index (χ0v) is 20.8. The molecule has 6 nitrogen and oxygen atoms in total. The molecule has 6 heteroatoms. The molecule has 1 heterocycles. The van der Waals surface area contributed by atoms with Crippen LogP contribution in [0.5, 0.6) is 0 Å². The number of carbonyl (C=O) groups excluding carboxylic acids is 3. The van der Waals surface area contributed by atoms with E-state index in [1.165, 1.54) is 0 Å². The highest BCUT2D eigenvalue weighted by molar-refractivity contribution is 6.01. The minimum Gasteiger partial charge on any atom is -0.348 e. The van der Waals surface area contributed by atoms with Crippen LogP contribution in [-0.2, 0) is 4.79 Å². The maximum atomic E-state index is 13.0. The Bertz CT molecular complexity index is 1070. The average molecular weight is 462 g/mol. The second-order valence-corrected chi connectivity index (χ2v) is 10.2. The van der Waals surface area contributed by atoms with Gasteiger partial charge in [0, 0.05) is 23.2 Å². The molecule has 0 spiro atoms. The summed E-state index contributed by atoms with van der Waals surface area (Å²) in [6.45, 7) is 10.0. The molecule has 1 saturated carbocycles. The van der Waals surface area contributed by atoms with Gasteiger partial charge in [0.2, 0.25) is 5.91 Å². The number of benzene rings is 2. The van der Waals surface area contributed by atoms with Crippen LogP contribution in [-0.4, -0.2) is 40.2 Å². The molecule has 2 aromatic carbocycles. The first-order valence-electron chi connectivity index (χ1n) is 12.2. The van der Waals surface area contributed by atoms with Gasteiger partial charge in [-0.25, -0.2) is 0 Å². The summed E-state index contributed by atoms with van der Waals surface area (Å²) >= 11 is 0. The van der Waals surface area contributed by atoms with Gasteiger partial charge in [0.1, 0.15) is 5.54 Å². The van der Waals surface area contributed by atoms with Crippen LogP contribution in [0.4, 0.5) is 0 Å². The molecule has 4 rings (SSSR count). The molecule has 1 saturated heterocycles. The van der Waals surface area contributed by atoms with Crippen LogP contribution in [0.2, 0.25) is 0 Å². The van der Waals surface area contributed by atoms with Crippen LogP contribution in [0, 0.1) is 13.8 Å². The molecule has 2 aromatic rings. The normalized spacial score (nSPS) is 21.6. The largest absolute Gasteiger partial charge is 0.348 e. The molecular formula is C28H35N3O3. The Hall–Kier alpha value is -3.15. The molecule has 2 fully saturated rings. The molecule has 2 aliphatic rings. The second kappa shape index (κ2) is 9.24. The molecule has 1 aliphatic heterocycles. The fourth-order valence-electron chi connectivity index (χ4n) is 5.01. The Labute approximate surface area is 202 Å². The van der Waals surface area contributed by atoms with Gasteiger partial charge in [-0.05, 0) is 90.1 Å². The van der Waals surface area contributed by atoms with E-state index in [0.29, 0.717) is 24.0 Å². The number of rotatable bonds is 6. The first-order valence-corrected chi connectivity index (χ1v) is 12.2. The van der Waals surface area contributed by atoms with Gasteiger partial charge < -0.3 is 15.5 Å². The van der Waals surface area contributed by atoms with E-state index >= 15 is 0 Å². The highest BCUT2D eigenvalue weighted by Crippen LogP contribution is 2.36. The van der Waals surface area contributed by atoms with E-state index in [9.17, 15) is 14.4 Å². The van der Waals surface area contributed by atoms with E-state index in [2.05, 4.69) is 24.5 Å². The van der Waals surface area contributed by atoms with Gasteiger partial charge >= 0.3 is 0 Å². The SMILES string of the molecule is Cc1cc(C)cc(C(=O)NC2(C(=O)N[C@H](C)c3ccc(C(=O)N4C(C)CCC4C)cc3)CC2)c1. The van der Waals surface area contributed by atoms with Crippen LogP contribution >= 0.6 is 0 Å². The van der Waals surface area contributed by atoms with E-state index in [1.54, 1.807) is 0 Å². The summed E-state index contributed by atoms with van der Waals surface area (Å²) in [7, 11) is 0. The number of likely N-dealkylation sites (tertiary alicyclic amines) is 1. The summed E-state index contributed by atoms with van der Waals surface area (Å²) in [6, 6.07) is 13.5. The summed E-state index contributed by atoms with van der Waals surface area (Å²) in [5.74, 6) is -0.329. The minimum atomic E-state index is -0.846. The van der Waals surface area contributed by atoms with Crippen LogP contribution in [0.1, 0.15) is 89.9 Å². The number of hydrogen-bond acceptors (Lipinski definition) is 3. The molecule has 2 unspecified atom stereocenters. The Balaban J connectivity index is 1.38. The van der Waals surface area contributed by atoms with Crippen molar-refractivity contribution in [3.8, 4) is 0 Å². The molecule has 0 radical (unpaired) electrons. The van der Waals surface area contributed by atoms with Crippen molar-refractivity contribution in [3.05, 3.63) is 70.3 Å². The van der Waals surface area contributed by atoms with Crippen molar-refractivity contribution in [1.82, 2.24) is 15.5 Å². The van der Waals surface area contributed by atoms with E-state index < -0.39 is 5.54 Å². The Morgan fingerprint density at radius 1 is 0.912 bits per heavy atom. The zero-order valence-electron chi connectivity index (χ0n) is 20.8. The summed E-state index contributed by atoms with van der Waals surface area (Å²) in [5.41, 5.74) is 3.35. The smallest absolute Gasteiger partial charge is 0.254 e. The number of nitrogens with one attached hydrogen (secondary N) is 2. The van der Waals surface area contributed by atoms with Crippen molar-refractivity contribution >= 4 is 17.7 Å². The van der Waals surface area contributed by atoms with Gasteiger partial charge in [0.25, 0.3) is 11.8 Å². The van der Waals surface area contributed by atoms with Gasteiger partial charge in [0.15, 0.2) is 0 Å². The minimum absolute atomic E-state index is 0.0618. The third kappa shape index (κ3) is 4.86. The van der Waals surface area contributed by atoms with E-state index in [1.807, 2.05) is 68.1 Å². The molecular weight excluding hydrogens is 426 g/mol. The Kier molecular flexibility index (Phi) is 6.52. The molecule has 2 N–H and O–H groups in total. The molecule has 0 bridgehead atoms. The third-order valence-electron chi connectivity index (χ3n) is 7.21. The van der Waals surface area contributed by atoms with E-state index in [4.69, 9.17) is 0 Å². The maximum Gasteiger partial charge on any atom is 0.254 e. The lowest BCUT2D eigenvalue weighted by Gasteiger charge is -2.26. The first-order chi connectivity index (χ1) is 16.1. The highest BCUT2D eigenvalue weighted by atomic mass is 16.2. The monoisotopic (exact) mass is 461 g/mol. The Morgan fingerprint density at radius 3 is 2.00 bits per heavy atom. The summed E-state index contributed by atoms with van der Waals surface area (Å²) in [6.07, 6.45) is 3.33. The van der Waals surface area contributed by atoms with Crippen LogP contribution in [0.25, 0.3) is 0 Å². The molecule has 3 atom stereocenters. The maximum absolute atomic E-state index is 13.0. The lowest BCUT2D eigenvalue weighted by molar-refractivity contribution is -0.124. The van der Waals surface area contributed by atoms with Gasteiger partial charge in [0.05, 0.1) is 6.04 Å². The van der Waals surface area contributed by atoms with Gasteiger partial charge in [-0.15, -0.1) is 0 Å². The predicted molar refractivity (Wildman–Crippen MR) is 133 cm³/mol. The van der Waals surface area contributed by atoms with Crippen molar-refractivity contribution in [1.29, 1.82) is 0 Å². The number of hydrogen-bond donors (Lipinski definition) is 2. The van der Waals surface area contributed by atoms with E-state index in [-0.39, 0.29) is 35.8 Å². The van der Waals surface area contributed by atoms with Crippen molar-refractivity contribution in [2.45, 2.75) is 84.0 Å². The lowest BCUT2D eigenvalue weighted by Crippen LogP contribution is -2.49. The summed E-state index contributed by atoms with van der Waals surface area (Å²) in [4.78, 5) is 40.8. The zero-order chi connectivity index (χ0) is 24.6. The molecule has 34 heavy (non-hydrogen) atoms. The van der Waals surface area contributed by atoms with Gasteiger partial charge in [-0.2, -0.15) is 0 Å². The molecule has 1 aliphatic carbocycles. The lowest BCUT2D eigenvalue weighted by atomic mass is 10.0. The van der Waals surface area contributed by atoms with Crippen molar-refractivity contribution in [2.24, 2.45) is 0 Å². The van der Waals surface area contributed by atoms with E-state index in [0.717, 1.165) is 29.5 Å². The van der Waals surface area contributed by atoms with Gasteiger partial charge in [-0.3, -0.25) is 14.4 Å². The van der Waals surface area contributed by atoms with Crippen molar-refractivity contribution in [2.75, 3.05) is 0 Å². The first kappa shape index (κ1) is 24.0. The fraction of sp³-hybridized carbons (Fsp3) is 0.464. The van der Waals surface area contributed by atoms with Crippen molar-refractivity contribution in [3.63, 3.8) is 0 Å². The highest BCUT2D eigenvalue weighted by Gasteiger charge is 2.51. The number of aryl methyl sites for hydroxylation is 2. The summed E-state index contributed by atoms with van der Waals surface area (Å²) in [5, 5.41) is 6.00. The molecule has 3 amide bonds. The van der Waals surface area contributed by atoms with Crippen LogP contribution < -0.4 is 10.6 Å². The number of carbonyl (C=O) groups is 3. The fourth-order valence-corrected chi connectivity index (χ4v) is 5.01. The third-order valence-corrected chi connectivity index (χ3v) is 7.21. The molecule has 0 aromatic heterocycles. The topological polar surface area (TPSA) is 78.5 Å². The Morgan fingerprint density at radius 2 is 1.47 bits per heavy atom. The summed E-state index contributed by atoms with van der Waals surface area (Å²) < 4.78 is 0. The van der Waals surface area contributed by atoms with Crippen molar-refractivity contribution < 1.29 is 14.4 Å². The number of nitrogens with zero attached hydrogens (tertiary/aromatic N) is 1. The molecule has 180 valence electrons. The van der Waals surface area contributed by atoms with Crippen LogP contribution in [0.3, 0.4) is 0 Å². The standard InChI is InChI=1S/C28H35N3O3/c1-17-14-18(2)16-24(15-17)25(32)30-28(12-13-28)27(34)29-21(5)22-8-10-23(11-9-22)26(33)31-19(3)6-7-20(31)4/h8-11,14-16,19-21H,6-7,12-13H2,1-5H3,(H,29,34)(H,30,32)/t19?,20?,21-/m1/s1.